The number of benzene rings is 3. The van der Waals surface area contributed by atoms with Gasteiger partial charge in [0.05, 0.1) is 0 Å². The molecule has 0 aromatic heterocycles. The lowest BCUT2D eigenvalue weighted by Gasteiger charge is -2.20. The average molecular weight is 537 g/mol. The van der Waals surface area contributed by atoms with Crippen LogP contribution in [0.25, 0.3) is 0 Å². The summed E-state index contributed by atoms with van der Waals surface area (Å²) in [6.07, 6.45) is 7.62. The zero-order valence-corrected chi connectivity index (χ0v) is 25.7. The number of ketones is 1. The molecule has 0 saturated carbocycles. The zero-order valence-electron chi connectivity index (χ0n) is 25.7. The van der Waals surface area contributed by atoms with Gasteiger partial charge in [0.15, 0.2) is 5.78 Å². The second-order valence-electron chi connectivity index (χ2n) is 11.3. The van der Waals surface area contributed by atoms with Crippen LogP contribution in [0.2, 0.25) is 0 Å². The van der Waals surface area contributed by atoms with Crippen molar-refractivity contribution in [3.05, 3.63) is 117 Å². The van der Waals surface area contributed by atoms with Crippen molar-refractivity contribution in [2.75, 3.05) is 0 Å². The van der Waals surface area contributed by atoms with Gasteiger partial charge >= 0.3 is 0 Å². The van der Waals surface area contributed by atoms with Crippen molar-refractivity contribution in [1.82, 2.24) is 0 Å². The van der Waals surface area contributed by atoms with Crippen LogP contribution < -0.4 is 4.74 Å². The second-order valence-corrected chi connectivity index (χ2v) is 11.3. The van der Waals surface area contributed by atoms with E-state index in [9.17, 15) is 4.79 Å². The monoisotopic (exact) mass is 536 g/mol. The summed E-state index contributed by atoms with van der Waals surface area (Å²) < 4.78 is 6.34. The van der Waals surface area contributed by atoms with Crippen molar-refractivity contribution in [3.63, 3.8) is 0 Å². The Balaban J connectivity index is 1.75. The molecule has 0 saturated heterocycles. The van der Waals surface area contributed by atoms with Crippen molar-refractivity contribution >= 4 is 5.78 Å². The quantitative estimate of drug-likeness (QED) is 0.110. The van der Waals surface area contributed by atoms with Crippen molar-refractivity contribution in [3.8, 4) is 5.75 Å². The molecule has 0 bridgehead atoms. The number of aryl methyl sites for hydroxylation is 3. The lowest BCUT2D eigenvalue weighted by Crippen LogP contribution is -2.11. The molecule has 0 spiro atoms. The Hall–Kier alpha value is -3.35. The lowest BCUT2D eigenvalue weighted by atomic mass is 9.84. The van der Waals surface area contributed by atoms with Crippen molar-refractivity contribution in [1.29, 1.82) is 0 Å². The molecule has 2 nitrogen and oxygen atoms in total. The SMILES string of the molecule is C=C=C(CC)CCc1c(C)cccc1COc1cccc(CC(C)c2cc(C)cc(C)c2C(=O)CCCCC)c1. The van der Waals surface area contributed by atoms with Gasteiger partial charge in [-0.25, -0.2) is 0 Å². The van der Waals surface area contributed by atoms with E-state index in [1.54, 1.807) is 0 Å². The van der Waals surface area contributed by atoms with Crippen molar-refractivity contribution in [2.24, 2.45) is 0 Å². The molecule has 0 aliphatic rings. The molecular weight excluding hydrogens is 488 g/mol. The van der Waals surface area contributed by atoms with Crippen LogP contribution in [0.4, 0.5) is 0 Å². The van der Waals surface area contributed by atoms with E-state index in [-0.39, 0.29) is 11.7 Å². The highest BCUT2D eigenvalue weighted by atomic mass is 16.5. The van der Waals surface area contributed by atoms with Gasteiger partial charge in [0.1, 0.15) is 12.4 Å². The summed E-state index contributed by atoms with van der Waals surface area (Å²) in [5.74, 6) is 1.40. The highest BCUT2D eigenvalue weighted by molar-refractivity contribution is 5.99. The first-order valence-corrected chi connectivity index (χ1v) is 15.1. The molecule has 2 heteroatoms. The van der Waals surface area contributed by atoms with E-state index in [0.717, 1.165) is 61.8 Å². The number of ether oxygens (including phenoxy) is 1. The normalized spacial score (nSPS) is 11.7. The number of carbonyl (C=O) groups excluding carboxylic acids is 1. The molecule has 0 radical (unpaired) electrons. The van der Waals surface area contributed by atoms with E-state index >= 15 is 0 Å². The number of hydrogen-bond donors (Lipinski definition) is 0. The largest absolute Gasteiger partial charge is 0.489 e. The van der Waals surface area contributed by atoms with Gasteiger partial charge in [0.2, 0.25) is 0 Å². The van der Waals surface area contributed by atoms with Crippen molar-refractivity contribution in [2.45, 2.75) is 105 Å². The van der Waals surface area contributed by atoms with E-state index in [0.29, 0.717) is 13.0 Å². The molecular formula is C38H48O2. The number of allylic oxidation sites excluding steroid dienone is 1. The van der Waals surface area contributed by atoms with E-state index in [1.807, 2.05) is 6.07 Å². The third kappa shape index (κ3) is 8.57. The van der Waals surface area contributed by atoms with Crippen LogP contribution in [0.1, 0.15) is 115 Å². The van der Waals surface area contributed by atoms with Crippen LogP contribution in [-0.4, -0.2) is 5.78 Å². The maximum atomic E-state index is 13.2. The first-order valence-electron chi connectivity index (χ1n) is 15.1. The van der Waals surface area contributed by atoms with Crippen LogP contribution in [0.15, 0.2) is 72.5 Å². The van der Waals surface area contributed by atoms with Crippen LogP contribution >= 0.6 is 0 Å². The summed E-state index contributed by atoms with van der Waals surface area (Å²) in [4.78, 5) is 13.2. The summed E-state index contributed by atoms with van der Waals surface area (Å²) in [5, 5.41) is 0. The highest BCUT2D eigenvalue weighted by Gasteiger charge is 2.19. The molecule has 1 unspecified atom stereocenters. The minimum Gasteiger partial charge on any atom is -0.489 e. The Morgan fingerprint density at radius 3 is 2.45 bits per heavy atom. The smallest absolute Gasteiger partial charge is 0.163 e. The highest BCUT2D eigenvalue weighted by Crippen LogP contribution is 2.30. The van der Waals surface area contributed by atoms with Gasteiger partial charge in [-0.05, 0) is 110 Å². The lowest BCUT2D eigenvalue weighted by molar-refractivity contribution is 0.0977. The number of hydrogen-bond acceptors (Lipinski definition) is 2. The first kappa shape index (κ1) is 31.2. The van der Waals surface area contributed by atoms with E-state index in [2.05, 4.69) is 102 Å². The molecule has 212 valence electrons. The Labute approximate surface area is 243 Å². The number of carbonyl (C=O) groups is 1. The standard InChI is InChI=1S/C38H48O2/c1-8-11-12-19-37(39)38-30(7)22-27(4)23-36(38)29(6)24-32-16-14-18-34(25-32)40-26-33-17-13-15-28(5)35(33)21-20-31(9-2)10-3/h13-18,22-23,25,29H,2,8,10-12,19-21,24,26H2,1,3-7H3. The molecule has 0 aliphatic carbocycles. The third-order valence-corrected chi connectivity index (χ3v) is 8.02. The van der Waals surface area contributed by atoms with Gasteiger partial charge in [-0.15, -0.1) is 5.73 Å². The summed E-state index contributed by atoms with van der Waals surface area (Å²) in [6.45, 7) is 17.4. The number of unbranched alkanes of at least 4 members (excludes halogenated alkanes) is 2. The predicted molar refractivity (Wildman–Crippen MR) is 170 cm³/mol. The molecule has 3 aromatic rings. The molecule has 0 N–H and O–H groups in total. The number of rotatable bonds is 15. The molecule has 0 aliphatic heterocycles. The van der Waals surface area contributed by atoms with Crippen LogP contribution in [0, 0.1) is 20.8 Å². The molecule has 0 amide bonds. The maximum Gasteiger partial charge on any atom is 0.163 e. The fraction of sp³-hybridized carbons (Fsp3) is 0.421. The van der Waals surface area contributed by atoms with Crippen LogP contribution in [0.3, 0.4) is 0 Å². The summed E-state index contributed by atoms with van der Waals surface area (Å²) in [5.41, 5.74) is 13.9. The third-order valence-electron chi connectivity index (χ3n) is 8.02. The minimum absolute atomic E-state index is 0.230. The molecule has 0 fully saturated rings. The maximum absolute atomic E-state index is 13.2. The number of Topliss-reactive ketones (excluding diaryl/α,β-unsaturated/α-hetero) is 1. The second kappa shape index (κ2) is 15.4. The Morgan fingerprint density at radius 2 is 1.73 bits per heavy atom. The molecule has 3 aromatic carbocycles. The fourth-order valence-electron chi connectivity index (χ4n) is 5.74. The predicted octanol–water partition coefficient (Wildman–Crippen LogP) is 10.4. The molecule has 40 heavy (non-hydrogen) atoms. The van der Waals surface area contributed by atoms with Crippen LogP contribution in [0.5, 0.6) is 5.75 Å². The van der Waals surface area contributed by atoms with Crippen LogP contribution in [-0.2, 0) is 19.4 Å². The van der Waals surface area contributed by atoms with E-state index in [1.165, 1.54) is 39.0 Å². The van der Waals surface area contributed by atoms with Gasteiger partial charge < -0.3 is 4.74 Å². The van der Waals surface area contributed by atoms with E-state index < -0.39 is 0 Å². The summed E-state index contributed by atoms with van der Waals surface area (Å²) in [6, 6.07) is 19.3. The van der Waals surface area contributed by atoms with Gasteiger partial charge in [-0.3, -0.25) is 4.79 Å². The molecule has 1 atom stereocenters. The minimum atomic E-state index is 0.230. The van der Waals surface area contributed by atoms with Gasteiger partial charge in [-0.2, -0.15) is 0 Å². The van der Waals surface area contributed by atoms with E-state index in [4.69, 9.17) is 4.74 Å². The average Bonchev–Trinajstić information content (AvgIpc) is 2.93. The summed E-state index contributed by atoms with van der Waals surface area (Å²) in [7, 11) is 0. The Bertz CT molecular complexity index is 1340. The first-order chi connectivity index (χ1) is 19.3. The van der Waals surface area contributed by atoms with Gasteiger partial charge in [0, 0.05) is 12.0 Å². The summed E-state index contributed by atoms with van der Waals surface area (Å²) >= 11 is 0. The topological polar surface area (TPSA) is 26.3 Å². The Kier molecular flexibility index (Phi) is 12.0. The molecule has 3 rings (SSSR count). The Morgan fingerprint density at radius 1 is 0.950 bits per heavy atom. The van der Waals surface area contributed by atoms with Gasteiger partial charge in [-0.1, -0.05) is 88.2 Å². The van der Waals surface area contributed by atoms with Crippen molar-refractivity contribution < 1.29 is 9.53 Å². The molecule has 0 heterocycles. The fourth-order valence-corrected chi connectivity index (χ4v) is 5.74. The zero-order chi connectivity index (χ0) is 29.1. The van der Waals surface area contributed by atoms with Gasteiger partial charge in [0.25, 0.3) is 0 Å².